The highest BCUT2D eigenvalue weighted by Gasteiger charge is 2.27. The molecule has 7 heteroatoms. The van der Waals surface area contributed by atoms with Gasteiger partial charge in [0.25, 0.3) is 0 Å². The molecule has 0 aliphatic carbocycles. The number of hydrogen-bond acceptors (Lipinski definition) is 4. The Morgan fingerprint density at radius 3 is 2.60 bits per heavy atom. The number of anilines is 1. The molecule has 1 atom stereocenters. The molecule has 1 heterocycles. The molecule has 0 spiro atoms. The molecule has 1 saturated heterocycles. The highest BCUT2D eigenvalue weighted by molar-refractivity contribution is 7.91. The van der Waals surface area contributed by atoms with Crippen molar-refractivity contribution >= 4 is 21.4 Å². The predicted octanol–water partition coefficient (Wildman–Crippen LogP) is 0.931. The van der Waals surface area contributed by atoms with Crippen molar-refractivity contribution in [2.24, 2.45) is 0 Å². The van der Waals surface area contributed by atoms with Crippen LogP contribution in [-0.2, 0) is 14.6 Å². The summed E-state index contributed by atoms with van der Waals surface area (Å²) in [5.74, 6) is -0.184. The monoisotopic (exact) mass is 300 g/mol. The summed E-state index contributed by atoms with van der Waals surface area (Å²) in [7, 11) is -2.90. The van der Waals surface area contributed by atoms with Crippen LogP contribution in [0.3, 0.4) is 0 Å². The number of halogens is 1. The Morgan fingerprint density at radius 2 is 2.00 bits per heavy atom. The summed E-state index contributed by atoms with van der Waals surface area (Å²) in [5.41, 5.74) is 0.542. The number of hydrogen-bond donors (Lipinski definition) is 2. The minimum atomic E-state index is -2.90. The molecule has 1 unspecified atom stereocenters. The van der Waals surface area contributed by atoms with E-state index in [1.807, 2.05) is 0 Å². The molecule has 5 nitrogen and oxygen atoms in total. The van der Waals surface area contributed by atoms with E-state index in [9.17, 15) is 17.6 Å². The fraction of sp³-hybridized carbons (Fsp3) is 0.462. The Labute approximate surface area is 117 Å². The largest absolute Gasteiger partial charge is 0.326 e. The van der Waals surface area contributed by atoms with Gasteiger partial charge in [-0.2, -0.15) is 0 Å². The zero-order valence-corrected chi connectivity index (χ0v) is 11.7. The van der Waals surface area contributed by atoms with E-state index >= 15 is 0 Å². The lowest BCUT2D eigenvalue weighted by atomic mass is 10.2. The summed E-state index contributed by atoms with van der Waals surface area (Å²) in [6.45, 7) is 0.424. The van der Waals surface area contributed by atoms with Crippen LogP contribution in [-0.4, -0.2) is 38.4 Å². The number of carbonyl (C=O) groups is 1. The fourth-order valence-corrected chi connectivity index (χ4v) is 3.81. The maximum absolute atomic E-state index is 12.7. The van der Waals surface area contributed by atoms with E-state index in [1.54, 1.807) is 0 Å². The maximum Gasteiger partial charge on any atom is 0.225 e. The van der Waals surface area contributed by atoms with Gasteiger partial charge in [0.15, 0.2) is 9.84 Å². The van der Waals surface area contributed by atoms with Crippen LogP contribution in [0.1, 0.15) is 12.8 Å². The van der Waals surface area contributed by atoms with Gasteiger partial charge in [-0.15, -0.1) is 0 Å². The van der Waals surface area contributed by atoms with Crippen molar-refractivity contribution < 1.29 is 17.6 Å². The molecule has 1 aromatic rings. The van der Waals surface area contributed by atoms with Crippen LogP contribution < -0.4 is 10.6 Å². The molecule has 2 rings (SSSR count). The summed E-state index contributed by atoms with van der Waals surface area (Å²) >= 11 is 0. The highest BCUT2D eigenvalue weighted by Crippen LogP contribution is 2.11. The van der Waals surface area contributed by atoms with Crippen molar-refractivity contribution in [2.45, 2.75) is 18.9 Å². The molecule has 1 aliphatic rings. The zero-order valence-electron chi connectivity index (χ0n) is 10.9. The van der Waals surface area contributed by atoms with E-state index in [2.05, 4.69) is 10.6 Å². The zero-order chi connectivity index (χ0) is 14.6. The van der Waals surface area contributed by atoms with Crippen molar-refractivity contribution in [1.29, 1.82) is 0 Å². The Kier molecular flexibility index (Phi) is 4.72. The molecular weight excluding hydrogens is 283 g/mol. The quantitative estimate of drug-likeness (QED) is 0.848. The predicted molar refractivity (Wildman–Crippen MR) is 74.7 cm³/mol. The summed E-state index contributed by atoms with van der Waals surface area (Å²) in [6, 6.07) is 5.47. The van der Waals surface area contributed by atoms with E-state index in [-0.39, 0.29) is 35.7 Å². The minimum Gasteiger partial charge on any atom is -0.326 e. The third-order valence-electron chi connectivity index (χ3n) is 3.15. The van der Waals surface area contributed by atoms with E-state index in [1.165, 1.54) is 24.3 Å². The van der Waals surface area contributed by atoms with Gasteiger partial charge in [0.1, 0.15) is 5.82 Å². The van der Waals surface area contributed by atoms with Crippen LogP contribution in [0.15, 0.2) is 24.3 Å². The van der Waals surface area contributed by atoms with Crippen LogP contribution in [0.4, 0.5) is 10.1 Å². The average Bonchev–Trinajstić information content (AvgIpc) is 2.72. The lowest BCUT2D eigenvalue weighted by Gasteiger charge is -2.10. The molecular formula is C13H17FN2O3S. The van der Waals surface area contributed by atoms with Crippen molar-refractivity contribution in [2.75, 3.05) is 23.4 Å². The summed E-state index contributed by atoms with van der Waals surface area (Å²) in [6.07, 6.45) is 0.843. The molecule has 0 saturated carbocycles. The third kappa shape index (κ3) is 4.57. The van der Waals surface area contributed by atoms with E-state index < -0.39 is 9.84 Å². The Hall–Kier alpha value is -1.47. The second-order valence-electron chi connectivity index (χ2n) is 4.86. The van der Waals surface area contributed by atoms with E-state index in [0.717, 1.165) is 0 Å². The van der Waals surface area contributed by atoms with Gasteiger partial charge in [-0.25, -0.2) is 12.8 Å². The first-order chi connectivity index (χ1) is 9.44. The summed E-state index contributed by atoms with van der Waals surface area (Å²) in [5, 5.41) is 5.71. The molecule has 0 radical (unpaired) electrons. The number of rotatable bonds is 5. The molecule has 2 N–H and O–H groups in total. The molecule has 0 aromatic heterocycles. The third-order valence-corrected chi connectivity index (χ3v) is 4.91. The molecule has 1 amide bonds. The normalized spacial score (nSPS) is 20.8. The van der Waals surface area contributed by atoms with Crippen LogP contribution in [0.25, 0.3) is 0 Å². The fourth-order valence-electron chi connectivity index (χ4n) is 2.10. The highest BCUT2D eigenvalue weighted by atomic mass is 32.2. The topological polar surface area (TPSA) is 75.3 Å². The van der Waals surface area contributed by atoms with Crippen LogP contribution in [0.2, 0.25) is 0 Å². The first-order valence-electron chi connectivity index (χ1n) is 6.44. The Balaban J connectivity index is 1.69. The number of sulfone groups is 1. The lowest BCUT2D eigenvalue weighted by molar-refractivity contribution is -0.116. The van der Waals surface area contributed by atoms with Gasteiger partial charge in [0, 0.05) is 24.7 Å². The minimum absolute atomic E-state index is 0.0568. The number of benzene rings is 1. The van der Waals surface area contributed by atoms with Crippen molar-refractivity contribution in [3.05, 3.63) is 30.1 Å². The van der Waals surface area contributed by atoms with Crippen LogP contribution >= 0.6 is 0 Å². The van der Waals surface area contributed by atoms with Crippen molar-refractivity contribution in [3.63, 3.8) is 0 Å². The van der Waals surface area contributed by atoms with Gasteiger partial charge in [-0.1, -0.05) is 0 Å². The first-order valence-corrected chi connectivity index (χ1v) is 8.26. The van der Waals surface area contributed by atoms with Gasteiger partial charge >= 0.3 is 0 Å². The van der Waals surface area contributed by atoms with Gasteiger partial charge < -0.3 is 10.6 Å². The van der Waals surface area contributed by atoms with Crippen LogP contribution in [0, 0.1) is 5.82 Å². The van der Waals surface area contributed by atoms with Crippen molar-refractivity contribution in [1.82, 2.24) is 5.32 Å². The average molecular weight is 300 g/mol. The smallest absolute Gasteiger partial charge is 0.225 e. The Bertz CT molecular complexity index is 572. The summed E-state index contributed by atoms with van der Waals surface area (Å²) in [4.78, 5) is 11.6. The van der Waals surface area contributed by atoms with E-state index in [4.69, 9.17) is 0 Å². The molecule has 110 valence electrons. The second-order valence-corrected chi connectivity index (χ2v) is 7.09. The van der Waals surface area contributed by atoms with Gasteiger partial charge in [-0.3, -0.25) is 4.79 Å². The molecule has 1 aromatic carbocycles. The standard InChI is InChI=1S/C13H17FN2O3S/c14-10-1-3-11(4-2-10)16-13(17)5-7-15-12-6-8-20(18,19)9-12/h1-4,12,15H,5-9H2,(H,16,17). The molecule has 0 bridgehead atoms. The molecule has 20 heavy (non-hydrogen) atoms. The van der Waals surface area contributed by atoms with Gasteiger partial charge in [-0.05, 0) is 30.7 Å². The van der Waals surface area contributed by atoms with Gasteiger partial charge in [0.05, 0.1) is 11.5 Å². The number of amides is 1. The maximum atomic E-state index is 12.7. The molecule has 1 fully saturated rings. The number of carbonyl (C=O) groups excluding carboxylic acids is 1. The van der Waals surface area contributed by atoms with Gasteiger partial charge in [0.2, 0.25) is 5.91 Å². The van der Waals surface area contributed by atoms with Crippen LogP contribution in [0.5, 0.6) is 0 Å². The number of nitrogens with one attached hydrogen (secondary N) is 2. The summed E-state index contributed by atoms with van der Waals surface area (Å²) < 4.78 is 35.2. The Morgan fingerprint density at radius 1 is 1.30 bits per heavy atom. The van der Waals surface area contributed by atoms with Crippen molar-refractivity contribution in [3.8, 4) is 0 Å². The molecule has 1 aliphatic heterocycles. The van der Waals surface area contributed by atoms with E-state index in [0.29, 0.717) is 18.7 Å². The SMILES string of the molecule is O=C(CCNC1CCS(=O)(=O)C1)Nc1ccc(F)cc1. The first kappa shape index (κ1) is 14.9. The lowest BCUT2D eigenvalue weighted by Crippen LogP contribution is -2.32. The second kappa shape index (κ2) is 6.32.